The van der Waals surface area contributed by atoms with Crippen LogP contribution in [-0.4, -0.2) is 38.7 Å². The quantitative estimate of drug-likeness (QED) is 0.342. The van der Waals surface area contributed by atoms with E-state index >= 15 is 0 Å². The molecule has 4 rings (SSSR count). The Bertz CT molecular complexity index is 1340. The molecule has 0 unspecified atom stereocenters. The summed E-state index contributed by atoms with van der Waals surface area (Å²) in [5.41, 5.74) is 2.19. The van der Waals surface area contributed by atoms with Crippen LogP contribution in [0.2, 0.25) is 0 Å². The van der Waals surface area contributed by atoms with Crippen LogP contribution in [0.1, 0.15) is 16.8 Å². The first-order valence-corrected chi connectivity index (χ1v) is 10.1. The minimum atomic E-state index is -0.293. The summed E-state index contributed by atoms with van der Waals surface area (Å²) in [6.45, 7) is 1.00. The van der Waals surface area contributed by atoms with E-state index < -0.39 is 0 Å². The lowest BCUT2D eigenvalue weighted by molar-refractivity contribution is 0.102. The molecule has 0 fully saturated rings. The predicted molar refractivity (Wildman–Crippen MR) is 121 cm³/mol. The van der Waals surface area contributed by atoms with Crippen molar-refractivity contribution in [2.75, 3.05) is 19.0 Å². The van der Waals surface area contributed by atoms with Crippen LogP contribution in [0, 0.1) is 4.77 Å². The molecule has 0 aliphatic heterocycles. The molecule has 0 atom stereocenters. The van der Waals surface area contributed by atoms with E-state index in [1.165, 1.54) is 4.57 Å². The topological polar surface area (TPSA) is 93.9 Å². The van der Waals surface area contributed by atoms with Crippen LogP contribution in [0.15, 0.2) is 66.0 Å². The lowest BCUT2D eigenvalue weighted by Gasteiger charge is -2.12. The van der Waals surface area contributed by atoms with Crippen molar-refractivity contribution in [3.8, 4) is 5.69 Å². The van der Waals surface area contributed by atoms with Crippen molar-refractivity contribution in [1.82, 2.24) is 19.1 Å². The molecular formula is C22H21N5O3S. The van der Waals surface area contributed by atoms with Crippen LogP contribution in [0.4, 0.5) is 5.69 Å². The van der Waals surface area contributed by atoms with Crippen LogP contribution in [-0.2, 0) is 11.3 Å². The number of fused-ring (bicyclic) bond motifs is 1. The number of nitrogens with one attached hydrogen (secondary N) is 2. The molecule has 4 aromatic rings. The van der Waals surface area contributed by atoms with E-state index in [1.54, 1.807) is 44.0 Å². The van der Waals surface area contributed by atoms with Gasteiger partial charge in [-0.3, -0.25) is 14.2 Å². The largest absolute Gasteiger partial charge is 0.385 e. The maximum absolute atomic E-state index is 12.9. The molecule has 0 aliphatic rings. The Hall–Kier alpha value is -3.56. The number of methoxy groups -OCH3 is 1. The minimum Gasteiger partial charge on any atom is -0.385 e. The van der Waals surface area contributed by atoms with Gasteiger partial charge in [-0.05, 0) is 49.0 Å². The van der Waals surface area contributed by atoms with Gasteiger partial charge in [-0.15, -0.1) is 0 Å². The molecule has 158 valence electrons. The van der Waals surface area contributed by atoms with Crippen molar-refractivity contribution >= 4 is 34.7 Å². The molecule has 0 spiro atoms. The summed E-state index contributed by atoms with van der Waals surface area (Å²) in [5.74, 6) is -0.293. The zero-order valence-corrected chi connectivity index (χ0v) is 17.7. The summed E-state index contributed by atoms with van der Waals surface area (Å²) in [4.78, 5) is 32.9. The van der Waals surface area contributed by atoms with Gasteiger partial charge >= 0.3 is 0 Å². The summed E-state index contributed by atoms with van der Waals surface area (Å²) >= 11 is 5.35. The fraction of sp³-hybridized carbons (Fsp3) is 0.182. The highest BCUT2D eigenvalue weighted by atomic mass is 32.1. The maximum Gasteiger partial charge on any atom is 0.262 e. The van der Waals surface area contributed by atoms with Crippen molar-refractivity contribution in [3.63, 3.8) is 0 Å². The number of hydrogen-bond donors (Lipinski definition) is 2. The second-order valence-corrected chi connectivity index (χ2v) is 7.32. The number of aromatic amines is 1. The SMILES string of the molecule is COCCCn1c(=S)[nH]c2cc(C(=O)Nc3ccccc3-n3ccnc3)ccc2c1=O. The standard InChI is InChI=1S/C22H21N5O3S/c1-30-12-4-10-27-21(29)16-8-7-15(13-18(16)25-22(27)31)20(28)24-17-5-2-3-6-19(17)26-11-9-23-14-26/h2-3,5-9,11,13-14H,4,10,12H2,1H3,(H,24,28)(H,25,31). The zero-order chi connectivity index (χ0) is 21.8. The predicted octanol–water partition coefficient (Wildman–Crippen LogP) is 3.53. The van der Waals surface area contributed by atoms with E-state index in [0.717, 1.165) is 5.69 Å². The van der Waals surface area contributed by atoms with Crippen molar-refractivity contribution in [3.05, 3.63) is 81.9 Å². The first-order valence-electron chi connectivity index (χ1n) is 9.73. The summed E-state index contributed by atoms with van der Waals surface area (Å²) in [6, 6.07) is 12.4. The van der Waals surface area contributed by atoms with Gasteiger partial charge in [0.25, 0.3) is 11.5 Å². The van der Waals surface area contributed by atoms with Gasteiger partial charge in [0.2, 0.25) is 0 Å². The molecule has 1 amide bonds. The fourth-order valence-corrected chi connectivity index (χ4v) is 3.65. The number of amides is 1. The molecule has 0 saturated carbocycles. The molecule has 8 nitrogen and oxygen atoms in total. The number of nitrogens with zero attached hydrogens (tertiary/aromatic N) is 3. The van der Waals surface area contributed by atoms with E-state index in [1.807, 2.05) is 28.8 Å². The summed E-state index contributed by atoms with van der Waals surface area (Å²) in [6.07, 6.45) is 5.82. The Morgan fingerprint density at radius 1 is 1.26 bits per heavy atom. The zero-order valence-electron chi connectivity index (χ0n) is 16.9. The number of rotatable bonds is 7. The number of aromatic nitrogens is 4. The lowest BCUT2D eigenvalue weighted by Crippen LogP contribution is -2.23. The molecule has 2 aromatic carbocycles. The van der Waals surface area contributed by atoms with E-state index in [9.17, 15) is 9.59 Å². The molecule has 2 heterocycles. The van der Waals surface area contributed by atoms with Crippen LogP contribution in [0.3, 0.4) is 0 Å². The van der Waals surface area contributed by atoms with Crippen LogP contribution >= 0.6 is 12.2 Å². The van der Waals surface area contributed by atoms with E-state index in [4.69, 9.17) is 17.0 Å². The number of benzene rings is 2. The summed E-state index contributed by atoms with van der Waals surface area (Å²) < 4.78 is 8.69. The van der Waals surface area contributed by atoms with Crippen molar-refractivity contribution < 1.29 is 9.53 Å². The van der Waals surface area contributed by atoms with Crippen LogP contribution in [0.25, 0.3) is 16.6 Å². The Morgan fingerprint density at radius 3 is 2.87 bits per heavy atom. The van der Waals surface area contributed by atoms with Gasteiger partial charge in [0.1, 0.15) is 0 Å². The average Bonchev–Trinajstić information content (AvgIpc) is 3.31. The Balaban J connectivity index is 1.64. The van der Waals surface area contributed by atoms with Crippen LogP contribution < -0.4 is 10.9 Å². The molecule has 0 bridgehead atoms. The average molecular weight is 436 g/mol. The molecular weight excluding hydrogens is 414 g/mol. The van der Waals surface area contributed by atoms with Crippen molar-refractivity contribution in [2.24, 2.45) is 0 Å². The number of hydrogen-bond acceptors (Lipinski definition) is 5. The molecule has 31 heavy (non-hydrogen) atoms. The number of para-hydroxylation sites is 2. The monoisotopic (exact) mass is 435 g/mol. The fourth-order valence-electron chi connectivity index (χ4n) is 3.37. The number of anilines is 1. The number of carbonyl (C=O) groups is 1. The van der Waals surface area contributed by atoms with Gasteiger partial charge in [0, 0.05) is 38.2 Å². The molecule has 9 heteroatoms. The summed E-state index contributed by atoms with van der Waals surface area (Å²) in [7, 11) is 1.62. The Kier molecular flexibility index (Phi) is 6.06. The number of carbonyl (C=O) groups excluding carboxylic acids is 1. The van der Waals surface area contributed by atoms with Gasteiger partial charge in [-0.25, -0.2) is 4.98 Å². The van der Waals surface area contributed by atoms with E-state index in [0.29, 0.717) is 46.5 Å². The highest BCUT2D eigenvalue weighted by Crippen LogP contribution is 2.21. The molecule has 2 aromatic heterocycles. The minimum absolute atomic E-state index is 0.188. The third-order valence-corrected chi connectivity index (χ3v) is 5.23. The van der Waals surface area contributed by atoms with E-state index in [2.05, 4.69) is 15.3 Å². The van der Waals surface area contributed by atoms with Gasteiger partial charge < -0.3 is 19.6 Å². The molecule has 0 aliphatic carbocycles. The molecule has 2 N–H and O–H groups in total. The first-order chi connectivity index (χ1) is 15.1. The highest BCUT2D eigenvalue weighted by molar-refractivity contribution is 7.71. The second kappa shape index (κ2) is 9.07. The van der Waals surface area contributed by atoms with Gasteiger partial charge in [-0.2, -0.15) is 0 Å². The molecule has 0 radical (unpaired) electrons. The number of ether oxygens (including phenoxy) is 1. The lowest BCUT2D eigenvalue weighted by atomic mass is 10.1. The highest BCUT2D eigenvalue weighted by Gasteiger charge is 2.13. The van der Waals surface area contributed by atoms with Crippen molar-refractivity contribution in [1.29, 1.82) is 0 Å². The van der Waals surface area contributed by atoms with Crippen LogP contribution in [0.5, 0.6) is 0 Å². The van der Waals surface area contributed by atoms with Crippen molar-refractivity contribution in [2.45, 2.75) is 13.0 Å². The van der Waals surface area contributed by atoms with Gasteiger partial charge in [0.05, 0.1) is 28.6 Å². The third-order valence-electron chi connectivity index (χ3n) is 4.91. The maximum atomic E-state index is 12.9. The summed E-state index contributed by atoms with van der Waals surface area (Å²) in [5, 5.41) is 3.40. The normalized spacial score (nSPS) is 11.0. The van der Waals surface area contributed by atoms with Gasteiger partial charge in [-0.1, -0.05) is 12.1 Å². The first kappa shape index (κ1) is 20.7. The smallest absolute Gasteiger partial charge is 0.262 e. The number of imidazole rings is 1. The Morgan fingerprint density at radius 2 is 2.10 bits per heavy atom. The third kappa shape index (κ3) is 4.32. The number of H-pyrrole nitrogens is 1. The second-order valence-electron chi connectivity index (χ2n) is 6.93. The molecule has 0 saturated heterocycles. The van der Waals surface area contributed by atoms with Gasteiger partial charge in [0.15, 0.2) is 4.77 Å². The van der Waals surface area contributed by atoms with E-state index in [-0.39, 0.29) is 11.5 Å². The Labute approximate surface area is 183 Å².